The highest BCUT2D eigenvalue weighted by Gasteiger charge is 2.10. The lowest BCUT2D eigenvalue weighted by Crippen LogP contribution is -2.23. The molecule has 1 aromatic carbocycles. The monoisotopic (exact) mass is 325 g/mol. The highest BCUT2D eigenvalue weighted by Crippen LogP contribution is 2.36. The SMILES string of the molecule is CCOc1cc(C=CC(=O)NCCC(C)C)cc(Cl)c1OC. The Morgan fingerprint density at radius 1 is 1.41 bits per heavy atom. The number of hydrogen-bond acceptors (Lipinski definition) is 3. The number of hydrogen-bond donors (Lipinski definition) is 1. The van der Waals surface area contributed by atoms with Crippen molar-refractivity contribution in [3.8, 4) is 11.5 Å². The van der Waals surface area contributed by atoms with E-state index in [2.05, 4.69) is 19.2 Å². The number of carbonyl (C=O) groups is 1. The first-order valence-corrected chi connectivity index (χ1v) is 7.82. The minimum Gasteiger partial charge on any atom is -0.491 e. The Labute approximate surface area is 137 Å². The quantitative estimate of drug-likeness (QED) is 0.737. The number of rotatable bonds is 8. The molecule has 122 valence electrons. The van der Waals surface area contributed by atoms with E-state index in [-0.39, 0.29) is 5.91 Å². The van der Waals surface area contributed by atoms with Gasteiger partial charge in [-0.05, 0) is 43.0 Å². The predicted octanol–water partition coefficient (Wildman–Crippen LogP) is 3.92. The number of amides is 1. The van der Waals surface area contributed by atoms with Crippen LogP contribution >= 0.6 is 11.6 Å². The van der Waals surface area contributed by atoms with Gasteiger partial charge in [0.05, 0.1) is 18.7 Å². The van der Waals surface area contributed by atoms with Crippen molar-refractivity contribution in [3.63, 3.8) is 0 Å². The molecule has 0 bridgehead atoms. The fraction of sp³-hybridized carbons (Fsp3) is 0.471. The van der Waals surface area contributed by atoms with Gasteiger partial charge in [0.2, 0.25) is 5.91 Å². The highest BCUT2D eigenvalue weighted by atomic mass is 35.5. The fourth-order valence-electron chi connectivity index (χ4n) is 1.86. The minimum atomic E-state index is -0.120. The lowest BCUT2D eigenvalue weighted by atomic mass is 10.1. The van der Waals surface area contributed by atoms with E-state index in [0.29, 0.717) is 35.6 Å². The summed E-state index contributed by atoms with van der Waals surface area (Å²) in [5.74, 6) is 1.52. The second-order valence-corrected chi connectivity index (χ2v) is 5.68. The zero-order valence-electron chi connectivity index (χ0n) is 13.6. The molecule has 0 radical (unpaired) electrons. The topological polar surface area (TPSA) is 47.6 Å². The van der Waals surface area contributed by atoms with Crippen molar-refractivity contribution in [2.24, 2.45) is 5.92 Å². The van der Waals surface area contributed by atoms with Gasteiger partial charge in [0.1, 0.15) is 0 Å². The van der Waals surface area contributed by atoms with Crippen molar-refractivity contribution in [2.75, 3.05) is 20.3 Å². The summed E-state index contributed by atoms with van der Waals surface area (Å²) in [6.45, 7) is 7.31. The molecule has 1 N–H and O–H groups in total. The van der Waals surface area contributed by atoms with Gasteiger partial charge in [0.15, 0.2) is 11.5 Å². The number of carbonyl (C=O) groups excluding carboxylic acids is 1. The molecule has 0 saturated heterocycles. The molecule has 0 spiro atoms. The molecule has 5 heteroatoms. The van der Waals surface area contributed by atoms with Crippen LogP contribution in [-0.4, -0.2) is 26.2 Å². The van der Waals surface area contributed by atoms with Crippen LogP contribution in [0, 0.1) is 5.92 Å². The smallest absolute Gasteiger partial charge is 0.243 e. The summed E-state index contributed by atoms with van der Waals surface area (Å²) in [6.07, 6.45) is 4.16. The predicted molar refractivity (Wildman–Crippen MR) is 90.7 cm³/mol. The van der Waals surface area contributed by atoms with Crippen molar-refractivity contribution in [1.29, 1.82) is 0 Å². The standard InChI is InChI=1S/C17H24ClNO3/c1-5-22-15-11-13(10-14(18)17(15)21-4)6-7-16(20)19-9-8-12(2)3/h6-7,10-12H,5,8-9H2,1-4H3,(H,19,20). The number of methoxy groups -OCH3 is 1. The maximum Gasteiger partial charge on any atom is 0.243 e. The van der Waals surface area contributed by atoms with E-state index in [1.807, 2.05) is 6.92 Å². The first kappa shape index (κ1) is 18.4. The molecule has 0 aromatic heterocycles. The summed E-state index contributed by atoms with van der Waals surface area (Å²) in [5, 5.41) is 3.30. The molecule has 0 heterocycles. The van der Waals surface area contributed by atoms with Crippen molar-refractivity contribution in [1.82, 2.24) is 5.32 Å². The summed E-state index contributed by atoms with van der Waals surface area (Å²) in [6, 6.07) is 3.53. The van der Waals surface area contributed by atoms with Gasteiger partial charge in [-0.2, -0.15) is 0 Å². The van der Waals surface area contributed by atoms with Crippen LogP contribution in [0.15, 0.2) is 18.2 Å². The van der Waals surface area contributed by atoms with Crippen LogP contribution in [0.1, 0.15) is 32.8 Å². The van der Waals surface area contributed by atoms with Crippen LogP contribution in [0.4, 0.5) is 0 Å². The zero-order valence-corrected chi connectivity index (χ0v) is 14.4. The number of halogens is 1. The van der Waals surface area contributed by atoms with Gasteiger partial charge in [-0.15, -0.1) is 0 Å². The van der Waals surface area contributed by atoms with Gasteiger partial charge in [-0.1, -0.05) is 25.4 Å². The second-order valence-electron chi connectivity index (χ2n) is 5.27. The average Bonchev–Trinajstić information content (AvgIpc) is 2.45. The van der Waals surface area contributed by atoms with E-state index in [0.717, 1.165) is 12.0 Å². The Balaban J connectivity index is 2.76. The van der Waals surface area contributed by atoms with E-state index in [1.54, 1.807) is 25.3 Å². The van der Waals surface area contributed by atoms with Gasteiger partial charge < -0.3 is 14.8 Å². The zero-order chi connectivity index (χ0) is 16.5. The molecule has 0 fully saturated rings. The molecule has 0 aliphatic heterocycles. The van der Waals surface area contributed by atoms with Crippen LogP contribution in [-0.2, 0) is 4.79 Å². The molecule has 1 rings (SSSR count). The van der Waals surface area contributed by atoms with Crippen molar-refractivity contribution in [2.45, 2.75) is 27.2 Å². The Morgan fingerprint density at radius 2 is 2.14 bits per heavy atom. The molecular formula is C17H24ClNO3. The third-order valence-corrected chi connectivity index (χ3v) is 3.26. The Hall–Kier alpha value is -1.68. The van der Waals surface area contributed by atoms with Crippen LogP contribution in [0.3, 0.4) is 0 Å². The molecule has 22 heavy (non-hydrogen) atoms. The van der Waals surface area contributed by atoms with Crippen molar-refractivity contribution >= 4 is 23.6 Å². The fourth-order valence-corrected chi connectivity index (χ4v) is 2.16. The van der Waals surface area contributed by atoms with E-state index in [9.17, 15) is 4.79 Å². The van der Waals surface area contributed by atoms with Gasteiger partial charge >= 0.3 is 0 Å². The lowest BCUT2D eigenvalue weighted by molar-refractivity contribution is -0.116. The van der Waals surface area contributed by atoms with Crippen LogP contribution in [0.2, 0.25) is 5.02 Å². The Bertz CT molecular complexity index is 527. The summed E-state index contributed by atoms with van der Waals surface area (Å²) >= 11 is 6.16. The van der Waals surface area contributed by atoms with Gasteiger partial charge in [0, 0.05) is 12.6 Å². The Kier molecular flexibility index (Phi) is 7.82. The Morgan fingerprint density at radius 3 is 2.73 bits per heavy atom. The molecule has 0 atom stereocenters. The van der Waals surface area contributed by atoms with E-state index >= 15 is 0 Å². The summed E-state index contributed by atoms with van der Waals surface area (Å²) < 4.78 is 10.7. The first-order chi connectivity index (χ1) is 10.5. The minimum absolute atomic E-state index is 0.120. The van der Waals surface area contributed by atoms with Crippen LogP contribution in [0.5, 0.6) is 11.5 Å². The van der Waals surface area contributed by atoms with E-state index in [1.165, 1.54) is 6.08 Å². The van der Waals surface area contributed by atoms with Gasteiger partial charge in [-0.25, -0.2) is 0 Å². The maximum absolute atomic E-state index is 11.7. The average molecular weight is 326 g/mol. The molecule has 1 amide bonds. The lowest BCUT2D eigenvalue weighted by Gasteiger charge is -2.11. The molecule has 4 nitrogen and oxygen atoms in total. The molecule has 0 aliphatic carbocycles. The number of benzene rings is 1. The largest absolute Gasteiger partial charge is 0.491 e. The van der Waals surface area contributed by atoms with Crippen molar-refractivity contribution < 1.29 is 14.3 Å². The third kappa shape index (κ3) is 5.98. The molecule has 1 aromatic rings. The van der Waals surface area contributed by atoms with Crippen LogP contribution < -0.4 is 14.8 Å². The molecular weight excluding hydrogens is 302 g/mol. The maximum atomic E-state index is 11.7. The summed E-state index contributed by atoms with van der Waals surface area (Å²) in [5.41, 5.74) is 0.785. The first-order valence-electron chi connectivity index (χ1n) is 7.44. The van der Waals surface area contributed by atoms with Gasteiger partial charge in [-0.3, -0.25) is 4.79 Å². The molecule has 0 unspecified atom stereocenters. The third-order valence-electron chi connectivity index (χ3n) is 2.98. The molecule has 0 saturated carbocycles. The molecule has 0 aliphatic rings. The van der Waals surface area contributed by atoms with Gasteiger partial charge in [0.25, 0.3) is 0 Å². The second kappa shape index (κ2) is 9.36. The highest BCUT2D eigenvalue weighted by molar-refractivity contribution is 6.32. The summed E-state index contributed by atoms with van der Waals surface area (Å²) in [7, 11) is 1.54. The number of ether oxygens (including phenoxy) is 2. The van der Waals surface area contributed by atoms with Crippen LogP contribution in [0.25, 0.3) is 6.08 Å². The number of nitrogens with one attached hydrogen (secondary N) is 1. The van der Waals surface area contributed by atoms with Crippen molar-refractivity contribution in [3.05, 3.63) is 28.8 Å². The van der Waals surface area contributed by atoms with E-state index < -0.39 is 0 Å². The summed E-state index contributed by atoms with van der Waals surface area (Å²) in [4.78, 5) is 11.7. The normalized spacial score (nSPS) is 11.0. The van der Waals surface area contributed by atoms with E-state index in [4.69, 9.17) is 21.1 Å².